The van der Waals surface area contributed by atoms with Gasteiger partial charge in [-0.05, 0) is 43.9 Å². The van der Waals surface area contributed by atoms with Crippen LogP contribution in [0.25, 0.3) is 0 Å². The van der Waals surface area contributed by atoms with E-state index in [2.05, 4.69) is 10.3 Å². The van der Waals surface area contributed by atoms with Crippen LogP contribution in [0, 0.1) is 13.8 Å². The highest BCUT2D eigenvalue weighted by atomic mass is 16.5. The van der Waals surface area contributed by atoms with Crippen molar-refractivity contribution in [3.8, 4) is 0 Å². The second kappa shape index (κ2) is 9.21. The molecule has 0 aliphatic rings. The zero-order valence-electron chi connectivity index (χ0n) is 16.8. The SMILES string of the molecule is CCOC(=O)c1c(C)[nH]c(C(=O)OCC(=O)Nc2ccccc2C(C)C)c1C. The molecule has 0 saturated heterocycles. The minimum atomic E-state index is -0.705. The van der Waals surface area contributed by atoms with Gasteiger partial charge in [-0.15, -0.1) is 0 Å². The van der Waals surface area contributed by atoms with Crippen molar-refractivity contribution >= 4 is 23.5 Å². The van der Waals surface area contributed by atoms with Gasteiger partial charge in [-0.1, -0.05) is 32.0 Å². The van der Waals surface area contributed by atoms with E-state index < -0.39 is 24.5 Å². The summed E-state index contributed by atoms with van der Waals surface area (Å²) in [6.45, 7) is 8.88. The first kappa shape index (κ1) is 21.2. The standard InChI is InChI=1S/C21H26N2O5/c1-6-27-20(25)18-13(4)19(22-14(18)5)21(26)28-11-17(24)23-16-10-8-7-9-15(16)12(2)3/h7-10,12,22H,6,11H2,1-5H3,(H,23,24). The first-order valence-corrected chi connectivity index (χ1v) is 9.18. The third-order valence-corrected chi connectivity index (χ3v) is 4.31. The summed E-state index contributed by atoms with van der Waals surface area (Å²) in [5.41, 5.74) is 3.08. The van der Waals surface area contributed by atoms with Gasteiger partial charge in [0.1, 0.15) is 5.69 Å². The van der Waals surface area contributed by atoms with E-state index in [1.165, 1.54) is 0 Å². The molecule has 1 amide bonds. The number of rotatable bonds is 7. The molecular formula is C21H26N2O5. The van der Waals surface area contributed by atoms with Crippen LogP contribution in [-0.2, 0) is 14.3 Å². The molecule has 0 saturated carbocycles. The van der Waals surface area contributed by atoms with Crippen LogP contribution >= 0.6 is 0 Å². The fraction of sp³-hybridized carbons (Fsp3) is 0.381. The van der Waals surface area contributed by atoms with Crippen molar-refractivity contribution in [3.63, 3.8) is 0 Å². The van der Waals surface area contributed by atoms with E-state index >= 15 is 0 Å². The monoisotopic (exact) mass is 386 g/mol. The van der Waals surface area contributed by atoms with Crippen LogP contribution in [0.3, 0.4) is 0 Å². The van der Waals surface area contributed by atoms with E-state index in [1.807, 2.05) is 32.0 Å². The zero-order valence-corrected chi connectivity index (χ0v) is 16.8. The highest BCUT2D eigenvalue weighted by Gasteiger charge is 2.24. The topological polar surface area (TPSA) is 97.5 Å². The number of nitrogens with one attached hydrogen (secondary N) is 2. The van der Waals surface area contributed by atoms with Crippen LogP contribution in [0.4, 0.5) is 5.69 Å². The Bertz CT molecular complexity index is 883. The number of hydrogen-bond acceptors (Lipinski definition) is 5. The summed E-state index contributed by atoms with van der Waals surface area (Å²) in [6.07, 6.45) is 0. The van der Waals surface area contributed by atoms with E-state index in [-0.39, 0.29) is 18.2 Å². The van der Waals surface area contributed by atoms with Crippen molar-refractivity contribution in [3.05, 3.63) is 52.3 Å². The molecule has 2 rings (SSSR count). The summed E-state index contributed by atoms with van der Waals surface area (Å²) < 4.78 is 10.1. The van der Waals surface area contributed by atoms with Crippen LogP contribution < -0.4 is 5.32 Å². The Kier molecular flexibility index (Phi) is 6.98. The molecule has 0 radical (unpaired) electrons. The van der Waals surface area contributed by atoms with Gasteiger partial charge in [0, 0.05) is 11.4 Å². The van der Waals surface area contributed by atoms with E-state index in [1.54, 1.807) is 26.8 Å². The molecule has 0 fully saturated rings. The molecule has 28 heavy (non-hydrogen) atoms. The second-order valence-electron chi connectivity index (χ2n) is 6.71. The summed E-state index contributed by atoms with van der Waals surface area (Å²) >= 11 is 0. The predicted molar refractivity (Wildman–Crippen MR) is 106 cm³/mol. The quantitative estimate of drug-likeness (QED) is 0.707. The highest BCUT2D eigenvalue weighted by Crippen LogP contribution is 2.24. The third kappa shape index (κ3) is 4.79. The number of aromatic amines is 1. The first-order chi connectivity index (χ1) is 13.3. The molecule has 1 aromatic heterocycles. The van der Waals surface area contributed by atoms with Crippen LogP contribution in [0.2, 0.25) is 0 Å². The van der Waals surface area contributed by atoms with Crippen molar-refractivity contribution in [1.29, 1.82) is 0 Å². The Morgan fingerprint density at radius 1 is 1.07 bits per heavy atom. The summed E-state index contributed by atoms with van der Waals surface area (Å²) in [5.74, 6) is -1.41. The highest BCUT2D eigenvalue weighted by molar-refractivity contribution is 6.00. The lowest BCUT2D eigenvalue weighted by atomic mass is 10.0. The normalized spacial score (nSPS) is 10.6. The molecule has 7 nitrogen and oxygen atoms in total. The van der Waals surface area contributed by atoms with Crippen molar-refractivity contribution in [2.24, 2.45) is 0 Å². The maximum atomic E-state index is 12.4. The molecule has 1 aromatic carbocycles. The molecule has 150 valence electrons. The number of anilines is 1. The number of amides is 1. The Morgan fingerprint density at radius 2 is 1.75 bits per heavy atom. The summed E-state index contributed by atoms with van der Waals surface area (Å²) in [6, 6.07) is 7.48. The van der Waals surface area contributed by atoms with Gasteiger partial charge in [0.05, 0.1) is 12.2 Å². The van der Waals surface area contributed by atoms with Gasteiger partial charge in [-0.25, -0.2) is 9.59 Å². The summed E-state index contributed by atoms with van der Waals surface area (Å²) in [5, 5.41) is 2.76. The van der Waals surface area contributed by atoms with Gasteiger partial charge >= 0.3 is 11.9 Å². The fourth-order valence-electron chi connectivity index (χ4n) is 2.97. The van der Waals surface area contributed by atoms with Crippen LogP contribution in [0.1, 0.15) is 64.4 Å². The number of hydrogen-bond donors (Lipinski definition) is 2. The van der Waals surface area contributed by atoms with Gasteiger partial charge < -0.3 is 19.8 Å². The minimum absolute atomic E-state index is 0.135. The molecule has 2 N–H and O–H groups in total. The Hall–Kier alpha value is -3.09. The minimum Gasteiger partial charge on any atom is -0.462 e. The number of carbonyl (C=O) groups excluding carboxylic acids is 3. The van der Waals surface area contributed by atoms with Gasteiger partial charge in [-0.3, -0.25) is 4.79 Å². The van der Waals surface area contributed by atoms with Crippen molar-refractivity contribution < 1.29 is 23.9 Å². The largest absolute Gasteiger partial charge is 0.462 e. The molecule has 0 unspecified atom stereocenters. The van der Waals surface area contributed by atoms with E-state index in [0.29, 0.717) is 22.5 Å². The maximum Gasteiger partial charge on any atom is 0.355 e. The van der Waals surface area contributed by atoms with Gasteiger partial charge in [0.2, 0.25) is 0 Å². The summed E-state index contributed by atoms with van der Waals surface area (Å²) in [7, 11) is 0. The van der Waals surface area contributed by atoms with E-state index in [0.717, 1.165) is 5.56 Å². The van der Waals surface area contributed by atoms with Gasteiger partial charge in [-0.2, -0.15) is 0 Å². The van der Waals surface area contributed by atoms with Crippen molar-refractivity contribution in [1.82, 2.24) is 4.98 Å². The number of H-pyrrole nitrogens is 1. The number of benzene rings is 1. The van der Waals surface area contributed by atoms with Crippen LogP contribution in [-0.4, -0.2) is 36.0 Å². The fourth-order valence-corrected chi connectivity index (χ4v) is 2.97. The second-order valence-corrected chi connectivity index (χ2v) is 6.71. The number of esters is 2. The average molecular weight is 386 g/mol. The number of carbonyl (C=O) groups is 3. The molecule has 7 heteroatoms. The lowest BCUT2D eigenvalue weighted by Crippen LogP contribution is -2.22. The van der Waals surface area contributed by atoms with Gasteiger partial charge in [0.25, 0.3) is 5.91 Å². The van der Waals surface area contributed by atoms with Crippen LogP contribution in [0.5, 0.6) is 0 Å². The molecule has 1 heterocycles. The molecular weight excluding hydrogens is 360 g/mol. The lowest BCUT2D eigenvalue weighted by Gasteiger charge is -2.13. The zero-order chi connectivity index (χ0) is 20.8. The average Bonchev–Trinajstić information content (AvgIpc) is 2.94. The lowest BCUT2D eigenvalue weighted by molar-refractivity contribution is -0.119. The molecule has 0 aliphatic carbocycles. The predicted octanol–water partition coefficient (Wildman–Crippen LogP) is 3.73. The van der Waals surface area contributed by atoms with Gasteiger partial charge in [0.15, 0.2) is 6.61 Å². The number of aryl methyl sites for hydroxylation is 1. The Balaban J connectivity index is 2.04. The smallest absolute Gasteiger partial charge is 0.355 e. The molecule has 2 aromatic rings. The number of aromatic nitrogens is 1. The first-order valence-electron chi connectivity index (χ1n) is 9.18. The van der Waals surface area contributed by atoms with Crippen molar-refractivity contribution in [2.45, 2.75) is 40.5 Å². The molecule has 0 aliphatic heterocycles. The third-order valence-electron chi connectivity index (χ3n) is 4.31. The van der Waals surface area contributed by atoms with E-state index in [9.17, 15) is 14.4 Å². The molecule has 0 atom stereocenters. The maximum absolute atomic E-state index is 12.4. The number of ether oxygens (including phenoxy) is 2. The van der Waals surface area contributed by atoms with Crippen LogP contribution in [0.15, 0.2) is 24.3 Å². The summed E-state index contributed by atoms with van der Waals surface area (Å²) in [4.78, 5) is 39.4. The molecule has 0 spiro atoms. The van der Waals surface area contributed by atoms with Crippen molar-refractivity contribution in [2.75, 3.05) is 18.5 Å². The molecule has 0 bridgehead atoms. The van der Waals surface area contributed by atoms with E-state index in [4.69, 9.17) is 9.47 Å². The Morgan fingerprint density at radius 3 is 2.39 bits per heavy atom. The Labute approximate surface area is 164 Å². The number of para-hydroxylation sites is 1.